The molecule has 0 atom stereocenters. The van der Waals surface area contributed by atoms with Gasteiger partial charge in [-0.1, -0.05) is 19.4 Å². The Morgan fingerprint density at radius 2 is 2.13 bits per heavy atom. The lowest BCUT2D eigenvalue weighted by molar-refractivity contribution is 0.0787. The quantitative estimate of drug-likeness (QED) is 0.850. The van der Waals surface area contributed by atoms with Crippen LogP contribution in [-0.4, -0.2) is 41.5 Å². The lowest BCUT2D eigenvalue weighted by Crippen LogP contribution is -2.28. The minimum absolute atomic E-state index is 0.112. The number of nitrogens with zero attached hydrogens (tertiary/aromatic N) is 3. The van der Waals surface area contributed by atoms with E-state index in [1.165, 1.54) is 6.20 Å². The van der Waals surface area contributed by atoms with Crippen molar-refractivity contribution in [3.8, 4) is 5.75 Å². The number of unbranched alkanes of at least 4 members (excludes halogenated alkanes) is 1. The van der Waals surface area contributed by atoms with Gasteiger partial charge in [0, 0.05) is 25.3 Å². The van der Waals surface area contributed by atoms with Gasteiger partial charge >= 0.3 is 0 Å². The summed E-state index contributed by atoms with van der Waals surface area (Å²) in [5.74, 6) is 1.22. The SMILES string of the molecule is CCCCN(C)C(=O)c1cnc(Nc2cccc(OC)c2)cn1. The Kier molecular flexibility index (Phi) is 5.91. The number of carbonyl (C=O) groups is 1. The molecule has 2 rings (SSSR count). The first-order valence-corrected chi connectivity index (χ1v) is 7.62. The second-order valence-electron chi connectivity index (χ2n) is 5.22. The molecule has 6 heteroatoms. The number of amides is 1. The van der Waals surface area contributed by atoms with Crippen LogP contribution in [0, 0.1) is 0 Å². The molecule has 0 aliphatic rings. The second kappa shape index (κ2) is 8.12. The van der Waals surface area contributed by atoms with Gasteiger partial charge in [0.25, 0.3) is 5.91 Å². The molecule has 2 aromatic rings. The summed E-state index contributed by atoms with van der Waals surface area (Å²) in [7, 11) is 3.40. The number of ether oxygens (including phenoxy) is 1. The Hall–Kier alpha value is -2.63. The molecule has 0 unspecified atom stereocenters. The maximum absolute atomic E-state index is 12.2. The normalized spacial score (nSPS) is 10.2. The minimum atomic E-state index is -0.112. The van der Waals surface area contributed by atoms with E-state index in [1.807, 2.05) is 24.3 Å². The smallest absolute Gasteiger partial charge is 0.273 e. The fraction of sp³-hybridized carbons (Fsp3) is 0.353. The summed E-state index contributed by atoms with van der Waals surface area (Å²) in [5.41, 5.74) is 1.19. The lowest BCUT2D eigenvalue weighted by atomic mass is 10.3. The topological polar surface area (TPSA) is 67.4 Å². The Morgan fingerprint density at radius 3 is 2.78 bits per heavy atom. The molecule has 1 amide bonds. The van der Waals surface area contributed by atoms with Crippen LogP contribution in [0.2, 0.25) is 0 Å². The highest BCUT2D eigenvalue weighted by atomic mass is 16.5. The fourth-order valence-corrected chi connectivity index (χ4v) is 2.04. The highest BCUT2D eigenvalue weighted by Gasteiger charge is 2.13. The van der Waals surface area contributed by atoms with Gasteiger partial charge in [-0.25, -0.2) is 9.97 Å². The molecule has 1 N–H and O–H groups in total. The molecule has 0 bridgehead atoms. The number of hydrogen-bond donors (Lipinski definition) is 1. The first-order chi connectivity index (χ1) is 11.1. The highest BCUT2D eigenvalue weighted by molar-refractivity contribution is 5.91. The van der Waals surface area contributed by atoms with E-state index in [-0.39, 0.29) is 5.91 Å². The molecule has 0 saturated carbocycles. The van der Waals surface area contributed by atoms with Crippen molar-refractivity contribution in [2.45, 2.75) is 19.8 Å². The monoisotopic (exact) mass is 314 g/mol. The standard InChI is InChI=1S/C17H22N4O2/c1-4-5-9-21(2)17(22)15-11-19-16(12-18-15)20-13-7-6-8-14(10-13)23-3/h6-8,10-12H,4-5,9H2,1-3H3,(H,19,20). The van der Waals surface area contributed by atoms with E-state index in [0.29, 0.717) is 11.5 Å². The van der Waals surface area contributed by atoms with Gasteiger partial charge in [0.1, 0.15) is 17.3 Å². The van der Waals surface area contributed by atoms with Gasteiger partial charge in [0.15, 0.2) is 0 Å². The zero-order chi connectivity index (χ0) is 16.7. The van der Waals surface area contributed by atoms with Crippen LogP contribution in [0.4, 0.5) is 11.5 Å². The van der Waals surface area contributed by atoms with Crippen molar-refractivity contribution in [3.05, 3.63) is 42.4 Å². The summed E-state index contributed by atoms with van der Waals surface area (Å²) < 4.78 is 5.18. The summed E-state index contributed by atoms with van der Waals surface area (Å²) in [5, 5.41) is 3.13. The van der Waals surface area contributed by atoms with Crippen molar-refractivity contribution in [2.24, 2.45) is 0 Å². The Balaban J connectivity index is 2.02. The van der Waals surface area contributed by atoms with Crippen molar-refractivity contribution in [1.82, 2.24) is 14.9 Å². The van der Waals surface area contributed by atoms with Crippen LogP contribution in [0.5, 0.6) is 5.75 Å². The van der Waals surface area contributed by atoms with Crippen molar-refractivity contribution in [1.29, 1.82) is 0 Å². The van der Waals surface area contributed by atoms with Crippen LogP contribution in [-0.2, 0) is 0 Å². The molecule has 6 nitrogen and oxygen atoms in total. The number of rotatable bonds is 7. The molecule has 122 valence electrons. The van der Waals surface area contributed by atoms with E-state index in [0.717, 1.165) is 30.8 Å². The molecule has 1 aromatic carbocycles. The number of carbonyl (C=O) groups excluding carboxylic acids is 1. The first-order valence-electron chi connectivity index (χ1n) is 7.62. The molecule has 0 radical (unpaired) electrons. The van der Waals surface area contributed by atoms with Crippen molar-refractivity contribution in [2.75, 3.05) is 26.0 Å². The molecule has 23 heavy (non-hydrogen) atoms. The van der Waals surface area contributed by atoms with E-state index in [4.69, 9.17) is 4.74 Å². The first kappa shape index (κ1) is 16.7. The number of aromatic nitrogens is 2. The number of hydrogen-bond acceptors (Lipinski definition) is 5. The Morgan fingerprint density at radius 1 is 1.30 bits per heavy atom. The average Bonchev–Trinajstić information content (AvgIpc) is 2.60. The molecular weight excluding hydrogens is 292 g/mol. The van der Waals surface area contributed by atoms with Crippen LogP contribution in [0.15, 0.2) is 36.7 Å². The van der Waals surface area contributed by atoms with Crippen molar-refractivity contribution >= 4 is 17.4 Å². The number of benzene rings is 1. The Bertz CT molecular complexity index is 643. The van der Waals surface area contributed by atoms with Crippen molar-refractivity contribution < 1.29 is 9.53 Å². The summed E-state index contributed by atoms with van der Waals surface area (Å²) >= 11 is 0. The minimum Gasteiger partial charge on any atom is -0.497 e. The summed E-state index contributed by atoms with van der Waals surface area (Å²) in [6.45, 7) is 2.82. The van der Waals surface area contributed by atoms with Crippen LogP contribution in [0.25, 0.3) is 0 Å². The number of methoxy groups -OCH3 is 1. The number of anilines is 2. The molecular formula is C17H22N4O2. The summed E-state index contributed by atoms with van der Waals surface area (Å²) in [4.78, 5) is 22.3. The third-order valence-electron chi connectivity index (χ3n) is 3.41. The second-order valence-corrected chi connectivity index (χ2v) is 5.22. The fourth-order valence-electron chi connectivity index (χ4n) is 2.04. The zero-order valence-corrected chi connectivity index (χ0v) is 13.7. The van der Waals surface area contributed by atoms with Crippen LogP contribution >= 0.6 is 0 Å². The molecule has 1 aromatic heterocycles. The van der Waals surface area contributed by atoms with E-state index in [9.17, 15) is 4.79 Å². The molecule has 0 aliphatic heterocycles. The average molecular weight is 314 g/mol. The summed E-state index contributed by atoms with van der Waals surface area (Å²) in [6.07, 6.45) is 5.07. The predicted molar refractivity (Wildman–Crippen MR) is 90.2 cm³/mol. The van der Waals surface area contributed by atoms with Gasteiger partial charge in [-0.2, -0.15) is 0 Å². The molecule has 0 fully saturated rings. The van der Waals surface area contributed by atoms with Gasteiger partial charge in [-0.15, -0.1) is 0 Å². The number of nitrogens with one attached hydrogen (secondary N) is 1. The highest BCUT2D eigenvalue weighted by Crippen LogP contribution is 2.19. The maximum atomic E-state index is 12.2. The van der Waals surface area contributed by atoms with E-state index in [1.54, 1.807) is 25.3 Å². The largest absolute Gasteiger partial charge is 0.497 e. The van der Waals surface area contributed by atoms with E-state index < -0.39 is 0 Å². The molecule has 0 spiro atoms. The molecule has 0 saturated heterocycles. The van der Waals surface area contributed by atoms with E-state index >= 15 is 0 Å². The van der Waals surface area contributed by atoms with Gasteiger partial charge in [-0.3, -0.25) is 4.79 Å². The van der Waals surface area contributed by atoms with Crippen LogP contribution < -0.4 is 10.1 Å². The lowest BCUT2D eigenvalue weighted by Gasteiger charge is -2.16. The molecule has 1 heterocycles. The third-order valence-corrected chi connectivity index (χ3v) is 3.41. The van der Waals surface area contributed by atoms with Crippen molar-refractivity contribution in [3.63, 3.8) is 0 Å². The zero-order valence-electron chi connectivity index (χ0n) is 13.7. The van der Waals surface area contributed by atoms with E-state index in [2.05, 4.69) is 22.2 Å². The van der Waals surface area contributed by atoms with Crippen LogP contribution in [0.3, 0.4) is 0 Å². The Labute approximate surface area is 136 Å². The third kappa shape index (κ3) is 4.67. The van der Waals surface area contributed by atoms with Gasteiger partial charge < -0.3 is 15.0 Å². The van der Waals surface area contributed by atoms with Gasteiger partial charge in [-0.05, 0) is 18.6 Å². The summed E-state index contributed by atoms with van der Waals surface area (Å²) in [6, 6.07) is 7.51. The predicted octanol–water partition coefficient (Wildman–Crippen LogP) is 3.10. The van der Waals surface area contributed by atoms with Crippen LogP contribution in [0.1, 0.15) is 30.3 Å². The maximum Gasteiger partial charge on any atom is 0.273 e. The van der Waals surface area contributed by atoms with Gasteiger partial charge in [0.2, 0.25) is 0 Å². The van der Waals surface area contributed by atoms with Gasteiger partial charge in [0.05, 0.1) is 19.5 Å². The molecule has 0 aliphatic carbocycles.